The molecule has 162 valence electrons. The van der Waals surface area contributed by atoms with Crippen molar-refractivity contribution in [2.75, 3.05) is 24.7 Å². The first kappa shape index (κ1) is 23.4. The molecule has 0 radical (unpaired) electrons. The van der Waals surface area contributed by atoms with Crippen molar-refractivity contribution in [2.24, 2.45) is 22.7 Å². The third kappa shape index (κ3) is 6.57. The molecule has 2 unspecified atom stereocenters. The predicted octanol–water partition coefficient (Wildman–Crippen LogP) is 4.25. The van der Waals surface area contributed by atoms with Crippen LogP contribution in [0.3, 0.4) is 0 Å². The summed E-state index contributed by atoms with van der Waals surface area (Å²) in [5, 5.41) is 0. The van der Waals surface area contributed by atoms with Gasteiger partial charge in [0.1, 0.15) is 0 Å². The highest BCUT2D eigenvalue weighted by Crippen LogP contribution is 2.39. The lowest BCUT2D eigenvalue weighted by Gasteiger charge is -2.29. The van der Waals surface area contributed by atoms with Crippen LogP contribution in [0.1, 0.15) is 79.1 Å². The zero-order valence-electron chi connectivity index (χ0n) is 18.1. The minimum atomic E-state index is -0.778. The van der Waals surface area contributed by atoms with Gasteiger partial charge in [-0.05, 0) is 49.4 Å². The van der Waals surface area contributed by atoms with Gasteiger partial charge in [-0.1, -0.05) is 40.5 Å². The van der Waals surface area contributed by atoms with Crippen LogP contribution in [0, 0.1) is 22.7 Å². The molecule has 6 heteroatoms. The average molecular weight is 415 g/mol. The van der Waals surface area contributed by atoms with Gasteiger partial charge in [0.25, 0.3) is 0 Å². The topological polar surface area (TPSA) is 69.7 Å². The molecule has 0 aliphatic carbocycles. The first-order valence-corrected chi connectivity index (χ1v) is 12.3. The fourth-order valence-corrected chi connectivity index (χ4v) is 5.81. The molecule has 0 aromatic heterocycles. The summed E-state index contributed by atoms with van der Waals surface area (Å²) in [5.74, 6) is 1.40. The molecule has 0 aromatic carbocycles. The fourth-order valence-electron chi connectivity index (χ4n) is 4.55. The number of hydrogen-bond acceptors (Lipinski definition) is 5. The Hall–Kier alpha value is -0.910. The Labute approximate surface area is 172 Å². The van der Waals surface area contributed by atoms with Crippen molar-refractivity contribution in [1.29, 1.82) is 0 Å². The number of ether oxygens (including phenoxy) is 2. The second-order valence-corrected chi connectivity index (χ2v) is 11.5. The van der Waals surface area contributed by atoms with E-state index in [-0.39, 0.29) is 34.6 Å². The minimum Gasteiger partial charge on any atom is -0.465 e. The van der Waals surface area contributed by atoms with Crippen LogP contribution < -0.4 is 0 Å². The average Bonchev–Trinajstić information content (AvgIpc) is 3.24. The van der Waals surface area contributed by atoms with E-state index in [1.807, 2.05) is 0 Å². The molecule has 0 N–H and O–H groups in total. The Balaban J connectivity index is 1.56. The van der Waals surface area contributed by atoms with Crippen molar-refractivity contribution in [3.05, 3.63) is 0 Å². The molecule has 0 aromatic rings. The summed E-state index contributed by atoms with van der Waals surface area (Å²) in [4.78, 5) is 23.6. The maximum atomic E-state index is 12.3. The Bertz CT molecular complexity index is 521. The second kappa shape index (κ2) is 10.2. The molecule has 0 bridgehead atoms. The van der Waals surface area contributed by atoms with E-state index in [1.54, 1.807) is 0 Å². The van der Waals surface area contributed by atoms with Crippen LogP contribution in [0.5, 0.6) is 0 Å². The van der Waals surface area contributed by atoms with E-state index in [0.29, 0.717) is 13.2 Å². The van der Waals surface area contributed by atoms with Crippen molar-refractivity contribution in [1.82, 2.24) is 0 Å². The fraction of sp³-hybridized carbons (Fsp3) is 0.909. The number of rotatable bonds is 12. The molecule has 0 saturated carbocycles. The van der Waals surface area contributed by atoms with Gasteiger partial charge in [0.2, 0.25) is 0 Å². The lowest BCUT2D eigenvalue weighted by atomic mass is 9.74. The number of esters is 2. The molecular weight excluding hydrogens is 376 g/mol. The number of unbranched alkanes of at least 4 members (excludes halogenated alkanes) is 2. The van der Waals surface area contributed by atoms with Crippen LogP contribution >= 0.6 is 0 Å². The normalized spacial score (nSPS) is 24.3. The van der Waals surface area contributed by atoms with E-state index in [9.17, 15) is 13.8 Å². The summed E-state index contributed by atoms with van der Waals surface area (Å²) in [7, 11) is -0.778. The Morgan fingerprint density at radius 3 is 1.50 bits per heavy atom. The molecule has 2 aliphatic rings. The monoisotopic (exact) mass is 414 g/mol. The summed E-state index contributed by atoms with van der Waals surface area (Å²) in [6, 6.07) is 0. The highest BCUT2D eigenvalue weighted by atomic mass is 32.2. The van der Waals surface area contributed by atoms with Crippen molar-refractivity contribution >= 4 is 22.7 Å². The molecule has 0 spiro atoms. The number of hydrogen-bond donors (Lipinski definition) is 0. The summed E-state index contributed by atoms with van der Waals surface area (Å²) < 4.78 is 22.5. The summed E-state index contributed by atoms with van der Waals surface area (Å²) >= 11 is 0. The molecule has 5 nitrogen and oxygen atoms in total. The van der Waals surface area contributed by atoms with Crippen LogP contribution in [-0.4, -0.2) is 40.9 Å². The zero-order valence-corrected chi connectivity index (χ0v) is 18.9. The highest BCUT2D eigenvalue weighted by molar-refractivity contribution is 7.84. The standard InChI is InChI=1S/C22H38O5S/c1-21(2,17-9-13-26-19(17)23)11-5-7-15-28(25)16-8-6-12-22(3,4)18-10-14-27-20(18)24/h17-18H,5-16H2,1-4H3. The van der Waals surface area contributed by atoms with E-state index >= 15 is 0 Å². The molecule has 2 atom stereocenters. The second-order valence-electron chi connectivity index (χ2n) is 9.76. The van der Waals surface area contributed by atoms with Gasteiger partial charge in [0.05, 0.1) is 25.0 Å². The summed E-state index contributed by atoms with van der Waals surface area (Å²) in [6.45, 7) is 9.67. The van der Waals surface area contributed by atoms with Gasteiger partial charge in [-0.3, -0.25) is 13.8 Å². The van der Waals surface area contributed by atoms with E-state index in [4.69, 9.17) is 9.47 Å². The number of carbonyl (C=O) groups excluding carboxylic acids is 2. The Kier molecular flexibility index (Phi) is 8.53. The van der Waals surface area contributed by atoms with E-state index in [0.717, 1.165) is 62.9 Å². The van der Waals surface area contributed by atoms with Gasteiger partial charge in [-0.25, -0.2) is 0 Å². The van der Waals surface area contributed by atoms with Gasteiger partial charge in [0, 0.05) is 22.3 Å². The SMILES string of the molecule is CC(C)(CCCCS(=O)CCCCC(C)(C)C1CCOC1=O)C1CCOC1=O. The lowest BCUT2D eigenvalue weighted by Crippen LogP contribution is -2.28. The summed E-state index contributed by atoms with van der Waals surface area (Å²) in [5.41, 5.74) is -0.0793. The van der Waals surface area contributed by atoms with Crippen LogP contribution in [0.25, 0.3) is 0 Å². The maximum Gasteiger partial charge on any atom is 0.309 e. The summed E-state index contributed by atoms with van der Waals surface area (Å²) in [6.07, 6.45) is 7.47. The third-order valence-electron chi connectivity index (χ3n) is 6.64. The first-order valence-electron chi connectivity index (χ1n) is 10.8. The van der Waals surface area contributed by atoms with Gasteiger partial charge in [0.15, 0.2) is 0 Å². The third-order valence-corrected chi connectivity index (χ3v) is 8.13. The molecule has 28 heavy (non-hydrogen) atoms. The van der Waals surface area contributed by atoms with Crippen LogP contribution in [-0.2, 0) is 29.9 Å². The van der Waals surface area contributed by atoms with Gasteiger partial charge >= 0.3 is 11.9 Å². The number of cyclic esters (lactones) is 2. The molecule has 2 aliphatic heterocycles. The molecule has 2 rings (SSSR count). The molecule has 2 heterocycles. The van der Waals surface area contributed by atoms with Gasteiger partial charge in [-0.15, -0.1) is 0 Å². The van der Waals surface area contributed by atoms with Gasteiger partial charge < -0.3 is 9.47 Å². The largest absolute Gasteiger partial charge is 0.465 e. The number of carbonyl (C=O) groups is 2. The lowest BCUT2D eigenvalue weighted by molar-refractivity contribution is -0.145. The zero-order chi connectivity index (χ0) is 20.8. The van der Waals surface area contributed by atoms with Crippen molar-refractivity contribution in [3.63, 3.8) is 0 Å². The predicted molar refractivity (Wildman–Crippen MR) is 111 cm³/mol. The van der Waals surface area contributed by atoms with Crippen molar-refractivity contribution < 1.29 is 23.3 Å². The molecule has 2 saturated heterocycles. The molecular formula is C22H38O5S. The van der Waals surface area contributed by atoms with E-state index in [2.05, 4.69) is 27.7 Å². The van der Waals surface area contributed by atoms with E-state index in [1.165, 1.54) is 0 Å². The van der Waals surface area contributed by atoms with Crippen LogP contribution in [0.4, 0.5) is 0 Å². The van der Waals surface area contributed by atoms with Crippen molar-refractivity contribution in [3.8, 4) is 0 Å². The van der Waals surface area contributed by atoms with E-state index < -0.39 is 10.8 Å². The Morgan fingerprint density at radius 1 is 0.786 bits per heavy atom. The first-order chi connectivity index (χ1) is 13.1. The van der Waals surface area contributed by atoms with Gasteiger partial charge in [-0.2, -0.15) is 0 Å². The maximum absolute atomic E-state index is 12.3. The minimum absolute atomic E-state index is 0.0125. The molecule has 0 amide bonds. The van der Waals surface area contributed by atoms with Crippen molar-refractivity contribution in [2.45, 2.75) is 79.1 Å². The quantitative estimate of drug-likeness (QED) is 0.353. The smallest absolute Gasteiger partial charge is 0.309 e. The van der Waals surface area contributed by atoms with Crippen LogP contribution in [0.15, 0.2) is 0 Å². The highest BCUT2D eigenvalue weighted by Gasteiger charge is 2.40. The molecule has 2 fully saturated rings. The van der Waals surface area contributed by atoms with Crippen LogP contribution in [0.2, 0.25) is 0 Å². The Morgan fingerprint density at radius 2 is 1.18 bits per heavy atom.